The molecule has 0 fully saturated rings. The monoisotopic (exact) mass is 507 g/mol. The predicted octanol–water partition coefficient (Wildman–Crippen LogP) is 8.52. The Labute approximate surface area is 229 Å². The fourth-order valence-electron chi connectivity index (χ4n) is 5.10. The highest BCUT2D eigenvalue weighted by Gasteiger charge is 2.20. The fourth-order valence-corrected chi connectivity index (χ4v) is 5.10. The number of imidazole rings is 1. The zero-order valence-electron chi connectivity index (χ0n) is 22.0. The van der Waals surface area contributed by atoms with E-state index in [0.29, 0.717) is 11.9 Å². The largest absolute Gasteiger partial charge is 0.406 e. The van der Waals surface area contributed by atoms with Gasteiger partial charge in [0.2, 0.25) is 5.88 Å². The minimum Gasteiger partial charge on any atom is -0.406 e. The summed E-state index contributed by atoms with van der Waals surface area (Å²) in [6.45, 7) is 4.22. The second-order valence-electron chi connectivity index (χ2n) is 9.64. The van der Waals surface area contributed by atoms with E-state index in [1.165, 1.54) is 11.1 Å². The van der Waals surface area contributed by atoms with Crippen molar-refractivity contribution in [3.8, 4) is 28.8 Å². The van der Waals surface area contributed by atoms with Crippen LogP contribution in [0.3, 0.4) is 0 Å². The molecule has 4 aromatic carbocycles. The van der Waals surface area contributed by atoms with E-state index < -0.39 is 0 Å². The smallest absolute Gasteiger partial charge is 0.308 e. The van der Waals surface area contributed by atoms with Gasteiger partial charge in [0.15, 0.2) is 0 Å². The van der Waals surface area contributed by atoms with Gasteiger partial charge in [0.25, 0.3) is 0 Å². The van der Waals surface area contributed by atoms with Crippen LogP contribution in [0.25, 0.3) is 16.9 Å². The van der Waals surface area contributed by atoms with Crippen LogP contribution in [0.1, 0.15) is 33.9 Å². The molecule has 0 atom stereocenters. The Kier molecular flexibility index (Phi) is 6.75. The maximum atomic E-state index is 6.48. The summed E-state index contributed by atoms with van der Waals surface area (Å²) in [6.07, 6.45) is 2.04. The molecule has 0 aliphatic rings. The molecular formula is C35H29N3O. The van der Waals surface area contributed by atoms with Crippen LogP contribution in [-0.4, -0.2) is 14.5 Å². The van der Waals surface area contributed by atoms with Crippen LogP contribution in [-0.2, 0) is 0 Å². The number of benzene rings is 4. The fraction of sp³-hybridized carbons (Fsp3) is 0.0857. The van der Waals surface area contributed by atoms with Gasteiger partial charge in [0.1, 0.15) is 0 Å². The van der Waals surface area contributed by atoms with E-state index in [0.717, 1.165) is 33.8 Å². The van der Waals surface area contributed by atoms with E-state index >= 15 is 0 Å². The number of para-hydroxylation sites is 1. The molecule has 0 amide bonds. The SMILES string of the molecule is Cc1cccc(C)c1-n1cc(-c2ccccc2)nc1Oc1cccc(C(c2ccccc2)c2ccccc2)n1. The Bertz CT molecular complexity index is 1630. The molecule has 0 saturated heterocycles. The van der Waals surface area contributed by atoms with E-state index in [4.69, 9.17) is 14.7 Å². The molecule has 0 N–H and O–H groups in total. The summed E-state index contributed by atoms with van der Waals surface area (Å²) in [7, 11) is 0. The van der Waals surface area contributed by atoms with Crippen LogP contribution in [0, 0.1) is 13.8 Å². The molecule has 0 saturated carbocycles. The zero-order valence-corrected chi connectivity index (χ0v) is 22.0. The molecular weight excluding hydrogens is 478 g/mol. The van der Waals surface area contributed by atoms with Gasteiger partial charge in [-0.3, -0.25) is 4.57 Å². The first kappa shape index (κ1) is 24.4. The molecule has 6 aromatic rings. The molecule has 2 heterocycles. The van der Waals surface area contributed by atoms with Crippen molar-refractivity contribution in [3.63, 3.8) is 0 Å². The van der Waals surface area contributed by atoms with Crippen molar-refractivity contribution in [2.45, 2.75) is 19.8 Å². The van der Waals surface area contributed by atoms with Gasteiger partial charge in [0, 0.05) is 17.8 Å². The van der Waals surface area contributed by atoms with Crippen molar-refractivity contribution in [2.24, 2.45) is 0 Å². The molecule has 6 rings (SSSR count). The molecule has 39 heavy (non-hydrogen) atoms. The van der Waals surface area contributed by atoms with Crippen LogP contribution < -0.4 is 4.74 Å². The van der Waals surface area contributed by atoms with Gasteiger partial charge in [-0.1, -0.05) is 115 Å². The lowest BCUT2D eigenvalue weighted by Gasteiger charge is -2.18. The van der Waals surface area contributed by atoms with Crippen molar-refractivity contribution in [2.75, 3.05) is 0 Å². The number of ether oxygens (including phenoxy) is 1. The Hall–Kier alpha value is -4.96. The van der Waals surface area contributed by atoms with Crippen LogP contribution in [0.4, 0.5) is 0 Å². The molecule has 0 aliphatic carbocycles. The third-order valence-electron chi connectivity index (χ3n) is 6.93. The summed E-state index contributed by atoms with van der Waals surface area (Å²) in [5.41, 5.74) is 8.49. The minimum absolute atomic E-state index is 0.0193. The van der Waals surface area contributed by atoms with Crippen LogP contribution >= 0.6 is 0 Å². The third kappa shape index (κ3) is 5.10. The van der Waals surface area contributed by atoms with Gasteiger partial charge < -0.3 is 4.74 Å². The van der Waals surface area contributed by atoms with Gasteiger partial charge in [-0.15, -0.1) is 0 Å². The summed E-state index contributed by atoms with van der Waals surface area (Å²) in [5.74, 6) is 0.483. The predicted molar refractivity (Wildman–Crippen MR) is 157 cm³/mol. The first-order valence-electron chi connectivity index (χ1n) is 13.1. The Morgan fingerprint density at radius 3 is 1.77 bits per heavy atom. The van der Waals surface area contributed by atoms with Crippen molar-refractivity contribution in [3.05, 3.63) is 162 Å². The highest BCUT2D eigenvalue weighted by Crippen LogP contribution is 2.34. The standard InChI is InChI=1S/C35H29N3O/c1-25-14-12-15-26(2)34(25)38-24-31(27-16-6-3-7-17-27)37-35(38)39-32-23-13-22-30(36-32)33(28-18-8-4-9-19-28)29-20-10-5-11-21-29/h3-24,33H,1-2H3. The first-order valence-corrected chi connectivity index (χ1v) is 13.1. The van der Waals surface area contributed by atoms with Crippen molar-refractivity contribution in [1.29, 1.82) is 0 Å². The molecule has 0 aliphatic heterocycles. The molecule has 2 aromatic heterocycles. The maximum Gasteiger partial charge on any atom is 0.308 e. The van der Waals surface area contributed by atoms with Crippen molar-refractivity contribution < 1.29 is 4.74 Å². The Morgan fingerprint density at radius 2 is 1.15 bits per heavy atom. The number of nitrogens with zero attached hydrogens (tertiary/aromatic N) is 3. The summed E-state index contributed by atoms with van der Waals surface area (Å²) in [6, 6.07) is 43.8. The van der Waals surface area contributed by atoms with Gasteiger partial charge in [-0.05, 0) is 42.2 Å². The molecule has 0 unspecified atom stereocenters. The third-order valence-corrected chi connectivity index (χ3v) is 6.93. The molecule has 4 heteroatoms. The van der Waals surface area contributed by atoms with Crippen LogP contribution in [0.15, 0.2) is 134 Å². The van der Waals surface area contributed by atoms with Gasteiger partial charge >= 0.3 is 6.01 Å². The van der Waals surface area contributed by atoms with E-state index in [9.17, 15) is 0 Å². The van der Waals surface area contributed by atoms with Crippen LogP contribution in [0.5, 0.6) is 11.9 Å². The minimum atomic E-state index is -0.0193. The Morgan fingerprint density at radius 1 is 0.590 bits per heavy atom. The van der Waals surface area contributed by atoms with Gasteiger partial charge in [0.05, 0.1) is 23.0 Å². The molecule has 190 valence electrons. The second kappa shape index (κ2) is 10.8. The number of rotatable bonds is 7. The maximum absolute atomic E-state index is 6.48. The topological polar surface area (TPSA) is 39.9 Å². The van der Waals surface area contributed by atoms with Crippen molar-refractivity contribution >= 4 is 0 Å². The summed E-state index contributed by atoms with van der Waals surface area (Å²) in [5, 5.41) is 0. The lowest BCUT2D eigenvalue weighted by atomic mass is 9.88. The summed E-state index contributed by atoms with van der Waals surface area (Å²) < 4.78 is 8.51. The number of hydrogen-bond donors (Lipinski definition) is 0. The van der Waals surface area contributed by atoms with Crippen LogP contribution in [0.2, 0.25) is 0 Å². The van der Waals surface area contributed by atoms with E-state index in [-0.39, 0.29) is 5.92 Å². The van der Waals surface area contributed by atoms with E-state index in [1.54, 1.807) is 0 Å². The highest BCUT2D eigenvalue weighted by atomic mass is 16.5. The normalized spacial score (nSPS) is 11.1. The average molecular weight is 508 g/mol. The quantitative estimate of drug-likeness (QED) is 0.217. The number of hydrogen-bond acceptors (Lipinski definition) is 3. The number of aryl methyl sites for hydroxylation is 2. The zero-order chi connectivity index (χ0) is 26.6. The Balaban J connectivity index is 1.44. The van der Waals surface area contributed by atoms with E-state index in [2.05, 4.69) is 98.8 Å². The molecule has 0 radical (unpaired) electrons. The number of pyridine rings is 1. The second-order valence-corrected chi connectivity index (χ2v) is 9.64. The number of aromatic nitrogens is 3. The molecule has 4 nitrogen and oxygen atoms in total. The van der Waals surface area contributed by atoms with Gasteiger partial charge in [-0.2, -0.15) is 4.98 Å². The summed E-state index contributed by atoms with van der Waals surface area (Å²) in [4.78, 5) is 9.93. The first-order chi connectivity index (χ1) is 19.2. The lowest BCUT2D eigenvalue weighted by Crippen LogP contribution is -2.07. The summed E-state index contributed by atoms with van der Waals surface area (Å²) >= 11 is 0. The van der Waals surface area contributed by atoms with Gasteiger partial charge in [-0.25, -0.2) is 4.98 Å². The highest BCUT2D eigenvalue weighted by molar-refractivity contribution is 5.61. The molecule has 0 spiro atoms. The lowest BCUT2D eigenvalue weighted by molar-refractivity contribution is 0.416. The van der Waals surface area contributed by atoms with Crippen molar-refractivity contribution in [1.82, 2.24) is 14.5 Å². The average Bonchev–Trinajstić information content (AvgIpc) is 3.38. The van der Waals surface area contributed by atoms with E-state index in [1.807, 2.05) is 53.2 Å². The molecule has 0 bridgehead atoms.